The van der Waals surface area contributed by atoms with Crippen LogP contribution in [0.15, 0.2) is 0 Å². The summed E-state index contributed by atoms with van der Waals surface area (Å²) < 4.78 is 22.9. The maximum atomic E-state index is 12.6. The second-order valence-electron chi connectivity index (χ2n) is 12.5. The number of unbranched alkanes of at least 4 members (excludes halogenated alkanes) is 16. The number of carbonyl (C=O) groups excluding carboxylic acids is 1. The van der Waals surface area contributed by atoms with Crippen molar-refractivity contribution >= 4 is 13.7 Å². The highest BCUT2D eigenvalue weighted by atomic mass is 31.2. The van der Waals surface area contributed by atoms with Crippen LogP contribution in [0.5, 0.6) is 0 Å². The number of rotatable bonds is 29. The van der Waals surface area contributed by atoms with Gasteiger partial charge in [0.25, 0.3) is 7.82 Å². The summed E-state index contributed by atoms with van der Waals surface area (Å²) in [7, 11) is 1.30. The molecule has 0 saturated carbocycles. The molecule has 0 aromatic heterocycles. The molecule has 2 N–H and O–H groups in total. The standard InChI is InChI=1S/C31H65N2O6P/c1-6-8-10-12-13-14-15-16-17-18-19-20-21-23-25-31(35)32-29(30(34)24-22-11-9-7-2)28-39-40(36,37)38-27-26-33(3,4)5/h29-30,34H,6-28H2,1-5H3,(H-,32,35,36,37). The lowest BCUT2D eigenvalue weighted by molar-refractivity contribution is -0.870. The number of aliphatic hydroxyl groups excluding tert-OH is 1. The first-order valence-corrected chi connectivity index (χ1v) is 17.8. The van der Waals surface area contributed by atoms with Crippen LogP contribution in [-0.4, -0.2) is 68.5 Å². The molecule has 0 aliphatic carbocycles. The number of phosphoric ester groups is 1. The monoisotopic (exact) mass is 592 g/mol. The van der Waals surface area contributed by atoms with Crippen LogP contribution in [0, 0.1) is 0 Å². The zero-order valence-corrected chi connectivity index (χ0v) is 27.7. The van der Waals surface area contributed by atoms with Crippen molar-refractivity contribution in [3.05, 3.63) is 0 Å². The van der Waals surface area contributed by atoms with E-state index in [1.165, 1.54) is 70.6 Å². The summed E-state index contributed by atoms with van der Waals surface area (Å²) in [6.45, 7) is 4.57. The van der Waals surface area contributed by atoms with Gasteiger partial charge in [-0.25, -0.2) is 0 Å². The molecule has 0 radical (unpaired) electrons. The number of hydrogen-bond acceptors (Lipinski definition) is 6. The minimum absolute atomic E-state index is 0.0139. The van der Waals surface area contributed by atoms with Gasteiger partial charge in [0.05, 0.1) is 39.9 Å². The van der Waals surface area contributed by atoms with E-state index in [0.717, 1.165) is 44.9 Å². The van der Waals surface area contributed by atoms with Crippen LogP contribution in [0.4, 0.5) is 0 Å². The number of phosphoric acid groups is 1. The summed E-state index contributed by atoms with van der Waals surface area (Å²) in [5.74, 6) is -0.174. The maximum Gasteiger partial charge on any atom is 0.268 e. The number of aliphatic hydroxyl groups is 1. The van der Waals surface area contributed by atoms with Crippen molar-refractivity contribution in [1.82, 2.24) is 5.32 Å². The first-order chi connectivity index (χ1) is 19.0. The van der Waals surface area contributed by atoms with Gasteiger partial charge in [0.1, 0.15) is 13.2 Å². The molecule has 0 bridgehead atoms. The van der Waals surface area contributed by atoms with Crippen LogP contribution in [0.3, 0.4) is 0 Å². The highest BCUT2D eigenvalue weighted by Gasteiger charge is 2.24. The summed E-state index contributed by atoms with van der Waals surface area (Å²) in [5.41, 5.74) is 0. The molecule has 40 heavy (non-hydrogen) atoms. The second kappa shape index (κ2) is 25.0. The Morgan fingerprint density at radius 3 is 1.70 bits per heavy atom. The SMILES string of the molecule is CCCCCCCCCCCCCCCCC(=O)NC(COP(=O)([O-])OCC[N+](C)(C)C)C(O)CCCCCC. The Morgan fingerprint density at radius 1 is 0.775 bits per heavy atom. The van der Waals surface area contributed by atoms with E-state index < -0.39 is 20.0 Å². The fourth-order valence-electron chi connectivity index (χ4n) is 4.62. The van der Waals surface area contributed by atoms with Crippen molar-refractivity contribution in [2.24, 2.45) is 0 Å². The van der Waals surface area contributed by atoms with Crippen molar-refractivity contribution < 1.29 is 32.9 Å². The first-order valence-electron chi connectivity index (χ1n) is 16.4. The van der Waals surface area contributed by atoms with E-state index in [1.54, 1.807) is 0 Å². The lowest BCUT2D eigenvalue weighted by atomic mass is 10.0. The Bertz CT molecular complexity index is 644. The lowest BCUT2D eigenvalue weighted by Crippen LogP contribution is -2.46. The molecular formula is C31H65N2O6P. The van der Waals surface area contributed by atoms with Gasteiger partial charge in [-0.1, -0.05) is 123 Å². The van der Waals surface area contributed by atoms with Gasteiger partial charge in [0, 0.05) is 6.42 Å². The van der Waals surface area contributed by atoms with E-state index in [1.807, 2.05) is 21.1 Å². The first kappa shape index (κ1) is 39.5. The van der Waals surface area contributed by atoms with Crippen LogP contribution >= 0.6 is 7.82 Å². The van der Waals surface area contributed by atoms with Crippen molar-refractivity contribution in [2.75, 3.05) is 40.9 Å². The highest BCUT2D eigenvalue weighted by molar-refractivity contribution is 7.45. The number of quaternary nitrogens is 1. The van der Waals surface area contributed by atoms with Crippen molar-refractivity contribution in [1.29, 1.82) is 0 Å². The molecule has 0 fully saturated rings. The zero-order chi connectivity index (χ0) is 30.1. The van der Waals surface area contributed by atoms with Crippen molar-refractivity contribution in [3.63, 3.8) is 0 Å². The Kier molecular flexibility index (Phi) is 24.7. The molecule has 9 heteroatoms. The number of nitrogens with zero attached hydrogens (tertiary/aromatic N) is 1. The number of hydrogen-bond donors (Lipinski definition) is 2. The van der Waals surface area contributed by atoms with Gasteiger partial charge < -0.3 is 28.8 Å². The summed E-state index contributed by atoms with van der Waals surface area (Å²) in [5, 5.41) is 13.5. The van der Waals surface area contributed by atoms with Crippen LogP contribution in [0.1, 0.15) is 142 Å². The minimum atomic E-state index is -4.53. The number of carbonyl (C=O) groups is 1. The molecule has 1 amide bonds. The van der Waals surface area contributed by atoms with Gasteiger partial charge in [0.15, 0.2) is 0 Å². The summed E-state index contributed by atoms with van der Waals surface area (Å²) in [6.07, 6.45) is 21.5. The minimum Gasteiger partial charge on any atom is -0.756 e. The smallest absolute Gasteiger partial charge is 0.268 e. The predicted molar refractivity (Wildman–Crippen MR) is 164 cm³/mol. The van der Waals surface area contributed by atoms with Crippen LogP contribution in [0.2, 0.25) is 0 Å². The predicted octanol–water partition coefficient (Wildman–Crippen LogP) is 6.88. The van der Waals surface area contributed by atoms with Crippen LogP contribution in [0.25, 0.3) is 0 Å². The van der Waals surface area contributed by atoms with Gasteiger partial charge in [-0.05, 0) is 12.8 Å². The van der Waals surface area contributed by atoms with E-state index >= 15 is 0 Å². The van der Waals surface area contributed by atoms with E-state index in [9.17, 15) is 19.4 Å². The Hall–Kier alpha value is -0.500. The van der Waals surface area contributed by atoms with Gasteiger partial charge >= 0.3 is 0 Å². The molecule has 0 aliphatic heterocycles. The quantitative estimate of drug-likeness (QED) is 0.0557. The number of likely N-dealkylation sites (N-methyl/N-ethyl adjacent to an activating group) is 1. The molecule has 0 rings (SSSR count). The third-order valence-electron chi connectivity index (χ3n) is 7.35. The fourth-order valence-corrected chi connectivity index (χ4v) is 5.35. The molecule has 240 valence electrons. The highest BCUT2D eigenvalue weighted by Crippen LogP contribution is 2.38. The molecule has 0 heterocycles. The van der Waals surface area contributed by atoms with Crippen molar-refractivity contribution in [2.45, 2.75) is 154 Å². The summed E-state index contributed by atoms with van der Waals surface area (Å²) >= 11 is 0. The number of nitrogens with one attached hydrogen (secondary N) is 1. The Labute approximate surface area is 247 Å². The molecule has 0 aliphatic rings. The van der Waals surface area contributed by atoms with Gasteiger partial charge in [-0.3, -0.25) is 9.36 Å². The second-order valence-corrected chi connectivity index (χ2v) is 13.9. The number of amides is 1. The van der Waals surface area contributed by atoms with Gasteiger partial charge in [0.2, 0.25) is 5.91 Å². The average Bonchev–Trinajstić information content (AvgIpc) is 2.88. The molecule has 8 nitrogen and oxygen atoms in total. The van der Waals surface area contributed by atoms with E-state index in [-0.39, 0.29) is 19.1 Å². The molecule has 0 aromatic rings. The van der Waals surface area contributed by atoms with Crippen LogP contribution in [-0.2, 0) is 18.4 Å². The zero-order valence-electron chi connectivity index (χ0n) is 26.8. The lowest BCUT2D eigenvalue weighted by Gasteiger charge is -2.30. The molecular weight excluding hydrogens is 527 g/mol. The average molecular weight is 593 g/mol. The third-order valence-corrected chi connectivity index (χ3v) is 8.31. The maximum absolute atomic E-state index is 12.6. The molecule has 0 aromatic carbocycles. The normalized spacial score (nSPS) is 15.1. The van der Waals surface area contributed by atoms with E-state index in [0.29, 0.717) is 23.9 Å². The van der Waals surface area contributed by atoms with Crippen LogP contribution < -0.4 is 10.2 Å². The van der Waals surface area contributed by atoms with E-state index in [4.69, 9.17) is 9.05 Å². The molecule has 0 spiro atoms. The largest absolute Gasteiger partial charge is 0.756 e. The Morgan fingerprint density at radius 2 is 1.23 bits per heavy atom. The fraction of sp³-hybridized carbons (Fsp3) is 0.968. The summed E-state index contributed by atoms with van der Waals surface area (Å²) in [4.78, 5) is 24.8. The van der Waals surface area contributed by atoms with Gasteiger partial charge in [-0.15, -0.1) is 0 Å². The molecule has 3 atom stereocenters. The van der Waals surface area contributed by atoms with Gasteiger partial charge in [-0.2, -0.15) is 0 Å². The van der Waals surface area contributed by atoms with E-state index in [2.05, 4.69) is 19.2 Å². The molecule has 0 saturated heterocycles. The Balaban J connectivity index is 4.28. The topological polar surface area (TPSA) is 108 Å². The van der Waals surface area contributed by atoms with Crippen molar-refractivity contribution in [3.8, 4) is 0 Å². The molecule has 3 unspecified atom stereocenters. The summed E-state index contributed by atoms with van der Waals surface area (Å²) in [6, 6.07) is -0.787. The third kappa shape index (κ3) is 26.4.